The molecule has 0 saturated carbocycles. The number of aryl methyl sites for hydroxylation is 1. The summed E-state index contributed by atoms with van der Waals surface area (Å²) in [5.74, 6) is 0. The monoisotopic (exact) mass is 357 g/mol. The van der Waals surface area contributed by atoms with Crippen LogP contribution in [-0.4, -0.2) is 47.3 Å². The summed E-state index contributed by atoms with van der Waals surface area (Å²) in [7, 11) is 1.81. The Labute approximate surface area is 154 Å². The molecule has 3 rings (SSSR count). The second-order valence-electron chi connectivity index (χ2n) is 7.81. The zero-order chi connectivity index (χ0) is 19.1. The fourth-order valence-electron chi connectivity index (χ4n) is 3.48. The molecular weight excluding hydrogens is 330 g/mol. The molecule has 0 radical (unpaired) electrons. The van der Waals surface area contributed by atoms with E-state index in [2.05, 4.69) is 11.0 Å². The van der Waals surface area contributed by atoms with E-state index in [-0.39, 0.29) is 11.7 Å². The van der Waals surface area contributed by atoms with Gasteiger partial charge in [0.25, 0.3) is 5.56 Å². The van der Waals surface area contributed by atoms with Crippen LogP contribution in [0.25, 0.3) is 10.9 Å². The van der Waals surface area contributed by atoms with Gasteiger partial charge >= 0.3 is 6.09 Å². The Morgan fingerprint density at radius 2 is 1.69 bits per heavy atom. The minimum Gasteiger partial charge on any atom is -0.444 e. The lowest BCUT2D eigenvalue weighted by atomic mass is 10.1. The van der Waals surface area contributed by atoms with E-state index < -0.39 is 5.60 Å². The van der Waals surface area contributed by atoms with Crippen LogP contribution >= 0.6 is 0 Å². The molecule has 0 N–H and O–H groups in total. The molecule has 1 fully saturated rings. The first-order valence-corrected chi connectivity index (χ1v) is 9.00. The van der Waals surface area contributed by atoms with Crippen molar-refractivity contribution in [1.82, 2.24) is 9.47 Å². The molecule has 1 amide bonds. The molecule has 0 aliphatic carbocycles. The highest BCUT2D eigenvalue weighted by atomic mass is 16.6. The van der Waals surface area contributed by atoms with Crippen molar-refractivity contribution in [2.45, 2.75) is 33.3 Å². The van der Waals surface area contributed by atoms with Crippen LogP contribution in [0.4, 0.5) is 10.5 Å². The number of pyridine rings is 1. The predicted molar refractivity (Wildman–Crippen MR) is 104 cm³/mol. The lowest BCUT2D eigenvalue weighted by molar-refractivity contribution is 0.0240. The molecule has 1 aromatic heterocycles. The third kappa shape index (κ3) is 3.41. The fraction of sp³-hybridized carbons (Fsp3) is 0.500. The highest BCUT2D eigenvalue weighted by molar-refractivity contribution is 5.93. The van der Waals surface area contributed by atoms with E-state index >= 15 is 0 Å². The van der Waals surface area contributed by atoms with E-state index in [1.807, 2.05) is 52.9 Å². The van der Waals surface area contributed by atoms with Crippen molar-refractivity contribution in [3.05, 3.63) is 40.2 Å². The number of para-hydroxylation sites is 1. The van der Waals surface area contributed by atoms with Gasteiger partial charge in [-0.05, 0) is 33.8 Å². The van der Waals surface area contributed by atoms with Crippen molar-refractivity contribution in [2.75, 3.05) is 31.1 Å². The molecule has 1 aliphatic heterocycles. The maximum atomic E-state index is 12.6. The smallest absolute Gasteiger partial charge is 0.410 e. The maximum Gasteiger partial charge on any atom is 0.410 e. The zero-order valence-corrected chi connectivity index (χ0v) is 16.2. The van der Waals surface area contributed by atoms with Crippen LogP contribution in [0.3, 0.4) is 0 Å². The Bertz CT molecular complexity index is 888. The molecule has 0 atom stereocenters. The molecular formula is C20H27N3O3. The Morgan fingerprint density at radius 3 is 2.31 bits per heavy atom. The number of aromatic nitrogens is 1. The van der Waals surface area contributed by atoms with E-state index in [9.17, 15) is 9.59 Å². The van der Waals surface area contributed by atoms with Gasteiger partial charge in [0.1, 0.15) is 5.60 Å². The van der Waals surface area contributed by atoms with Gasteiger partial charge in [0.2, 0.25) is 0 Å². The summed E-state index contributed by atoms with van der Waals surface area (Å²) in [5, 5.41) is 1.07. The number of fused-ring (bicyclic) bond motifs is 1. The summed E-state index contributed by atoms with van der Waals surface area (Å²) in [5.41, 5.74) is 2.18. The van der Waals surface area contributed by atoms with Crippen molar-refractivity contribution in [1.29, 1.82) is 0 Å². The summed E-state index contributed by atoms with van der Waals surface area (Å²) in [6, 6.07) is 7.96. The number of carbonyl (C=O) groups excluding carboxylic acids is 1. The molecule has 1 aliphatic rings. The molecule has 0 unspecified atom stereocenters. The Balaban J connectivity index is 1.87. The third-order valence-electron chi connectivity index (χ3n) is 4.75. The summed E-state index contributed by atoms with van der Waals surface area (Å²) in [6.07, 6.45) is -0.275. The van der Waals surface area contributed by atoms with Crippen LogP contribution in [-0.2, 0) is 11.8 Å². The second kappa shape index (κ2) is 6.67. The van der Waals surface area contributed by atoms with Gasteiger partial charge in [-0.3, -0.25) is 4.79 Å². The molecule has 0 spiro atoms. The number of hydrogen-bond donors (Lipinski definition) is 0. The van der Waals surface area contributed by atoms with E-state index in [1.54, 1.807) is 9.47 Å². The Kier molecular flexibility index (Phi) is 4.69. The van der Waals surface area contributed by atoms with Crippen LogP contribution < -0.4 is 10.5 Å². The summed E-state index contributed by atoms with van der Waals surface area (Å²) >= 11 is 0. The van der Waals surface area contributed by atoms with E-state index in [1.165, 1.54) is 0 Å². The number of benzene rings is 1. The summed E-state index contributed by atoms with van der Waals surface area (Å²) < 4.78 is 7.16. The topological polar surface area (TPSA) is 54.8 Å². The number of nitrogens with zero attached hydrogens (tertiary/aromatic N) is 3. The van der Waals surface area contributed by atoms with Crippen molar-refractivity contribution in [3.8, 4) is 0 Å². The molecule has 140 valence electrons. The van der Waals surface area contributed by atoms with Gasteiger partial charge in [-0.25, -0.2) is 4.79 Å². The molecule has 6 heteroatoms. The first-order valence-electron chi connectivity index (χ1n) is 9.00. The first kappa shape index (κ1) is 18.3. The minimum absolute atomic E-state index is 0.0215. The molecule has 1 saturated heterocycles. The van der Waals surface area contributed by atoms with Gasteiger partial charge < -0.3 is 19.1 Å². The highest BCUT2D eigenvalue weighted by Crippen LogP contribution is 2.29. The predicted octanol–water partition coefficient (Wildman–Crippen LogP) is 2.90. The largest absolute Gasteiger partial charge is 0.444 e. The quantitative estimate of drug-likeness (QED) is 0.787. The van der Waals surface area contributed by atoms with Crippen LogP contribution in [0.5, 0.6) is 0 Å². The fourth-order valence-corrected chi connectivity index (χ4v) is 3.48. The SMILES string of the molecule is Cc1c(N2CCN(C(=O)OC(C)(C)C)CC2)c2ccccc2n(C)c1=O. The lowest BCUT2D eigenvalue weighted by Crippen LogP contribution is -2.50. The third-order valence-corrected chi connectivity index (χ3v) is 4.75. The number of anilines is 1. The average molecular weight is 357 g/mol. The van der Waals surface area contributed by atoms with Crippen molar-refractivity contribution in [2.24, 2.45) is 7.05 Å². The van der Waals surface area contributed by atoms with E-state index in [4.69, 9.17) is 4.74 Å². The molecule has 1 aromatic carbocycles. The highest BCUT2D eigenvalue weighted by Gasteiger charge is 2.27. The van der Waals surface area contributed by atoms with Crippen LogP contribution in [0.15, 0.2) is 29.1 Å². The maximum absolute atomic E-state index is 12.6. The number of hydrogen-bond acceptors (Lipinski definition) is 4. The molecule has 2 heterocycles. The first-order chi connectivity index (χ1) is 12.2. The van der Waals surface area contributed by atoms with Crippen molar-refractivity contribution < 1.29 is 9.53 Å². The van der Waals surface area contributed by atoms with Gasteiger partial charge in [0.05, 0.1) is 11.2 Å². The molecule has 0 bridgehead atoms. The van der Waals surface area contributed by atoms with Crippen molar-refractivity contribution >= 4 is 22.7 Å². The molecule has 2 aromatic rings. The van der Waals surface area contributed by atoms with Crippen LogP contribution in [0.2, 0.25) is 0 Å². The zero-order valence-electron chi connectivity index (χ0n) is 16.2. The summed E-state index contributed by atoms with van der Waals surface area (Å²) in [4.78, 5) is 28.8. The van der Waals surface area contributed by atoms with Gasteiger partial charge in [0, 0.05) is 44.2 Å². The average Bonchev–Trinajstić information content (AvgIpc) is 2.59. The molecule has 6 nitrogen and oxygen atoms in total. The van der Waals surface area contributed by atoms with Gasteiger partial charge in [-0.2, -0.15) is 0 Å². The Morgan fingerprint density at radius 1 is 1.08 bits per heavy atom. The molecule has 26 heavy (non-hydrogen) atoms. The number of piperazine rings is 1. The van der Waals surface area contributed by atoms with Gasteiger partial charge in [-0.1, -0.05) is 18.2 Å². The lowest BCUT2D eigenvalue weighted by Gasteiger charge is -2.37. The normalized spacial score (nSPS) is 15.4. The number of ether oxygens (including phenoxy) is 1. The number of rotatable bonds is 1. The van der Waals surface area contributed by atoms with Crippen molar-refractivity contribution in [3.63, 3.8) is 0 Å². The summed E-state index contributed by atoms with van der Waals surface area (Å²) in [6.45, 7) is 10.0. The second-order valence-corrected chi connectivity index (χ2v) is 7.81. The minimum atomic E-state index is -0.493. The van der Waals surface area contributed by atoms with Crippen LogP contribution in [0.1, 0.15) is 26.3 Å². The van der Waals surface area contributed by atoms with Gasteiger partial charge in [0.15, 0.2) is 0 Å². The standard InChI is InChI=1S/C20H27N3O3/c1-14-17(15-8-6-7-9-16(15)21(5)18(14)24)22-10-12-23(13-11-22)19(25)26-20(2,3)4/h6-9H,10-13H2,1-5H3. The Hall–Kier alpha value is -2.50. The number of amides is 1. The van der Waals surface area contributed by atoms with E-state index in [0.717, 1.165) is 22.2 Å². The van der Waals surface area contributed by atoms with Gasteiger partial charge in [-0.15, -0.1) is 0 Å². The number of carbonyl (C=O) groups is 1. The van der Waals surface area contributed by atoms with E-state index in [0.29, 0.717) is 26.2 Å². The van der Waals surface area contributed by atoms with Crippen LogP contribution in [0, 0.1) is 6.92 Å².